The molecule has 9 heteroatoms. The molecule has 0 atom stereocenters. The predicted molar refractivity (Wildman–Crippen MR) is 91.6 cm³/mol. The topological polar surface area (TPSA) is 87.0 Å². The zero-order chi connectivity index (χ0) is 17.4. The molecule has 0 amide bonds. The van der Waals surface area contributed by atoms with Crippen LogP contribution in [0.2, 0.25) is 15.3 Å². The van der Waals surface area contributed by atoms with Crippen LogP contribution < -0.4 is 10.1 Å². The third-order valence-electron chi connectivity index (χ3n) is 3.06. The minimum absolute atomic E-state index is 0.0913. The van der Waals surface area contributed by atoms with E-state index in [4.69, 9.17) is 40.5 Å². The number of nitrogens with zero attached hydrogens (tertiary/aromatic N) is 1. The van der Waals surface area contributed by atoms with Gasteiger partial charge in [-0.1, -0.05) is 34.8 Å². The predicted octanol–water partition coefficient (Wildman–Crippen LogP) is 1.83. The molecule has 1 aromatic carbocycles. The monoisotopic (exact) mass is 392 g/mol. The maximum atomic E-state index is 12.5. The van der Waals surface area contributed by atoms with E-state index in [0.29, 0.717) is 21.7 Å². The number of benzene rings is 1. The summed E-state index contributed by atoms with van der Waals surface area (Å²) in [6.07, 6.45) is 0. The van der Waals surface area contributed by atoms with Crippen LogP contribution in [-0.2, 0) is 10.0 Å². The summed E-state index contributed by atoms with van der Waals surface area (Å²) in [4.78, 5) is 3.87. The molecule has 0 aliphatic heterocycles. The summed E-state index contributed by atoms with van der Waals surface area (Å²) < 4.78 is 27.4. The van der Waals surface area contributed by atoms with Crippen molar-refractivity contribution in [2.24, 2.45) is 5.73 Å². The van der Waals surface area contributed by atoms with E-state index in [9.17, 15) is 8.42 Å². The molecule has 1 aromatic heterocycles. The van der Waals surface area contributed by atoms with Crippen molar-refractivity contribution in [3.05, 3.63) is 56.3 Å². The summed E-state index contributed by atoms with van der Waals surface area (Å²) in [7, 11) is -3.88. The number of hydrogen-bond acceptors (Lipinski definition) is 3. The fourth-order valence-electron chi connectivity index (χ4n) is 1.92. The molecule has 2 rings (SSSR count). The number of rotatable bonds is 3. The van der Waals surface area contributed by atoms with E-state index < -0.39 is 10.0 Å². The summed E-state index contributed by atoms with van der Waals surface area (Å²) in [5.74, 6) is -0.108. The number of pyridine rings is 1. The third-order valence-corrected chi connectivity index (χ3v) is 5.37. The highest BCUT2D eigenvalue weighted by Crippen LogP contribution is 2.22. The van der Waals surface area contributed by atoms with Gasteiger partial charge in [0.25, 0.3) is 5.84 Å². The lowest BCUT2D eigenvalue weighted by atomic mass is 10.2. The average molecular weight is 394 g/mol. The molecule has 0 unspecified atom stereocenters. The average Bonchev–Trinajstić information content (AvgIpc) is 2.41. The standard InChI is InChI=1S/C14H12Cl3N3O2S/c1-7-4-11(8(2)3-10(7)15)23(21,22)20-14(18)9-5-12(16)19-13(17)6-9/h3-6H,1-2H3,(H2,18,20)/p+1. The summed E-state index contributed by atoms with van der Waals surface area (Å²) in [6.45, 7) is 3.37. The number of aromatic nitrogens is 1. The van der Waals surface area contributed by atoms with Crippen molar-refractivity contribution in [3.63, 3.8) is 0 Å². The molecule has 5 nitrogen and oxygen atoms in total. The smallest absolute Gasteiger partial charge is 0.286 e. The van der Waals surface area contributed by atoms with E-state index in [-0.39, 0.29) is 21.0 Å². The first-order valence-electron chi connectivity index (χ1n) is 6.35. The van der Waals surface area contributed by atoms with Crippen LogP contribution >= 0.6 is 34.8 Å². The van der Waals surface area contributed by atoms with Gasteiger partial charge in [-0.25, -0.2) is 4.98 Å². The number of nitrogen functional groups attached to an aromatic ring is 1. The Morgan fingerprint density at radius 2 is 1.61 bits per heavy atom. The second-order valence-corrected chi connectivity index (χ2v) is 7.72. The molecular weight excluding hydrogens is 381 g/mol. The summed E-state index contributed by atoms with van der Waals surface area (Å²) in [5, 5.41) is 0.701. The fraction of sp³-hybridized carbons (Fsp3) is 0.143. The van der Waals surface area contributed by atoms with Crippen LogP contribution in [0.5, 0.6) is 0 Å². The van der Waals surface area contributed by atoms with Crippen molar-refractivity contribution in [1.29, 1.82) is 0 Å². The quantitative estimate of drug-likeness (QED) is 0.473. The van der Waals surface area contributed by atoms with Gasteiger partial charge in [-0.15, -0.1) is 0 Å². The fourth-order valence-corrected chi connectivity index (χ4v) is 3.93. The van der Waals surface area contributed by atoms with E-state index in [1.165, 1.54) is 18.2 Å². The summed E-state index contributed by atoms with van der Waals surface area (Å²) in [5.41, 5.74) is 7.30. The number of amidine groups is 1. The Morgan fingerprint density at radius 3 is 2.17 bits per heavy atom. The van der Waals surface area contributed by atoms with E-state index >= 15 is 0 Å². The van der Waals surface area contributed by atoms with Gasteiger partial charge in [-0.05, 0) is 49.2 Å². The Kier molecular flexibility index (Phi) is 5.20. The normalized spacial score (nSPS) is 12.5. The summed E-state index contributed by atoms with van der Waals surface area (Å²) in [6, 6.07) is 5.89. The highest BCUT2D eigenvalue weighted by Gasteiger charge is 2.21. The molecule has 1 heterocycles. The first-order chi connectivity index (χ1) is 10.6. The molecule has 2 aromatic rings. The van der Waals surface area contributed by atoms with Gasteiger partial charge in [0, 0.05) is 5.02 Å². The van der Waals surface area contributed by atoms with Crippen molar-refractivity contribution in [3.8, 4) is 0 Å². The Bertz CT molecular complexity index is 891. The molecule has 0 bridgehead atoms. The SMILES string of the molecule is Cc1cc(S(=O)(=O)[NH+]=C(N)c2cc(Cl)nc(Cl)c2)c(C)cc1Cl. The Hall–Kier alpha value is -1.34. The van der Waals surface area contributed by atoms with Crippen molar-refractivity contribution in [1.82, 2.24) is 4.98 Å². The molecule has 0 aliphatic rings. The molecular formula is C14H13Cl3N3O2S+. The molecule has 0 fully saturated rings. The minimum Gasteiger partial charge on any atom is -0.286 e. The lowest BCUT2D eigenvalue weighted by Crippen LogP contribution is -2.78. The lowest BCUT2D eigenvalue weighted by molar-refractivity contribution is -0.268. The van der Waals surface area contributed by atoms with Crippen LogP contribution in [-0.4, -0.2) is 19.2 Å². The largest absolute Gasteiger partial charge is 0.329 e. The molecule has 0 spiro atoms. The number of nitrogens with two attached hydrogens (primary N) is 1. The zero-order valence-corrected chi connectivity index (χ0v) is 15.3. The highest BCUT2D eigenvalue weighted by atomic mass is 35.5. The first kappa shape index (κ1) is 18.0. The molecule has 3 N–H and O–H groups in total. The molecule has 0 saturated heterocycles. The Balaban J connectivity index is 2.54. The van der Waals surface area contributed by atoms with E-state index in [1.54, 1.807) is 19.9 Å². The number of nitrogens with one attached hydrogen (secondary N) is 1. The maximum Gasteiger partial charge on any atom is 0.329 e. The van der Waals surface area contributed by atoms with E-state index in [1.807, 2.05) is 0 Å². The van der Waals surface area contributed by atoms with Crippen LogP contribution in [0.1, 0.15) is 16.7 Å². The van der Waals surface area contributed by atoms with Gasteiger partial charge in [-0.2, -0.15) is 12.8 Å². The summed E-state index contributed by atoms with van der Waals surface area (Å²) >= 11 is 17.6. The maximum absolute atomic E-state index is 12.5. The Labute approximate surface area is 149 Å². The van der Waals surface area contributed by atoms with Crippen molar-refractivity contribution in [2.75, 3.05) is 0 Å². The van der Waals surface area contributed by atoms with E-state index in [0.717, 1.165) is 0 Å². The van der Waals surface area contributed by atoms with Gasteiger partial charge in [0.15, 0.2) is 0 Å². The molecule has 23 heavy (non-hydrogen) atoms. The second kappa shape index (κ2) is 6.65. The van der Waals surface area contributed by atoms with Crippen molar-refractivity contribution < 1.29 is 12.8 Å². The zero-order valence-electron chi connectivity index (χ0n) is 12.2. The second-order valence-electron chi connectivity index (χ2n) is 4.89. The van der Waals surface area contributed by atoms with Gasteiger partial charge < -0.3 is 0 Å². The molecule has 0 saturated carbocycles. The van der Waals surface area contributed by atoms with Gasteiger partial charge in [0.05, 0.1) is 5.56 Å². The molecule has 0 radical (unpaired) electrons. The van der Waals surface area contributed by atoms with Gasteiger partial charge in [-0.3, -0.25) is 5.73 Å². The molecule has 122 valence electrons. The van der Waals surface area contributed by atoms with Crippen molar-refractivity contribution >= 4 is 50.7 Å². The van der Waals surface area contributed by atoms with Crippen LogP contribution in [0.25, 0.3) is 0 Å². The van der Waals surface area contributed by atoms with Crippen LogP contribution in [0.4, 0.5) is 0 Å². The number of aryl methyl sites for hydroxylation is 2. The number of sulfonamides is 1. The lowest BCUT2D eigenvalue weighted by Gasteiger charge is -2.06. The van der Waals surface area contributed by atoms with Gasteiger partial charge in [0.1, 0.15) is 15.2 Å². The first-order valence-corrected chi connectivity index (χ1v) is 8.97. The van der Waals surface area contributed by atoms with Crippen LogP contribution in [0.15, 0.2) is 29.2 Å². The minimum atomic E-state index is -3.88. The third kappa shape index (κ3) is 4.14. The van der Waals surface area contributed by atoms with Crippen LogP contribution in [0, 0.1) is 13.8 Å². The van der Waals surface area contributed by atoms with E-state index in [2.05, 4.69) is 9.38 Å². The van der Waals surface area contributed by atoms with Crippen molar-refractivity contribution in [2.45, 2.75) is 18.7 Å². The molecule has 0 aliphatic carbocycles. The number of hydrogen-bond donors (Lipinski definition) is 2. The number of halogens is 3. The van der Waals surface area contributed by atoms with Gasteiger partial charge >= 0.3 is 10.0 Å². The van der Waals surface area contributed by atoms with Crippen LogP contribution in [0.3, 0.4) is 0 Å². The van der Waals surface area contributed by atoms with Gasteiger partial charge in [0.2, 0.25) is 0 Å². The Morgan fingerprint density at radius 1 is 1.04 bits per heavy atom. The highest BCUT2D eigenvalue weighted by molar-refractivity contribution is 7.84.